The molecule has 0 saturated heterocycles. The second-order valence-corrected chi connectivity index (χ2v) is 6.67. The van der Waals surface area contributed by atoms with Crippen LogP contribution in [0.15, 0.2) is 29.2 Å². The van der Waals surface area contributed by atoms with Crippen molar-refractivity contribution < 1.29 is 21.6 Å². The van der Waals surface area contributed by atoms with Gasteiger partial charge in [-0.15, -0.1) is 0 Å². The van der Waals surface area contributed by atoms with Gasteiger partial charge in [0.25, 0.3) is 0 Å². The molecule has 0 aromatic heterocycles. The highest BCUT2D eigenvalue weighted by molar-refractivity contribution is 9.09. The van der Waals surface area contributed by atoms with E-state index in [1.807, 2.05) is 0 Å². The number of unbranched alkanes of at least 4 members (excludes halogenated alkanes) is 2. The van der Waals surface area contributed by atoms with E-state index in [0.29, 0.717) is 6.42 Å². The van der Waals surface area contributed by atoms with Crippen LogP contribution in [0.2, 0.25) is 0 Å². The first-order valence-electron chi connectivity index (χ1n) is 6.01. The van der Waals surface area contributed by atoms with E-state index < -0.39 is 26.7 Å². The minimum Gasteiger partial charge on any atom is -0.211 e. The second-order valence-electron chi connectivity index (χ2n) is 4.14. The normalized spacial score (nSPS) is 12.6. The highest BCUT2D eigenvalue weighted by Crippen LogP contribution is 2.33. The number of hydrogen-bond donors (Lipinski definition) is 1. The molecule has 0 atom stereocenters. The number of nitrogens with one attached hydrogen (secondary N) is 1. The van der Waals surface area contributed by atoms with Crippen LogP contribution in [-0.4, -0.2) is 20.3 Å². The van der Waals surface area contributed by atoms with Gasteiger partial charge in [0.1, 0.15) is 0 Å². The monoisotopic (exact) mass is 373 g/mol. The van der Waals surface area contributed by atoms with E-state index >= 15 is 0 Å². The van der Waals surface area contributed by atoms with Crippen molar-refractivity contribution in [3.63, 3.8) is 0 Å². The van der Waals surface area contributed by atoms with Gasteiger partial charge in [0.05, 0.1) is 10.5 Å². The summed E-state index contributed by atoms with van der Waals surface area (Å²) < 4.78 is 64.3. The highest BCUT2D eigenvalue weighted by atomic mass is 79.9. The molecule has 0 radical (unpaired) electrons. The summed E-state index contributed by atoms with van der Waals surface area (Å²) in [5.74, 6) is 0. The van der Waals surface area contributed by atoms with E-state index in [-0.39, 0.29) is 6.54 Å². The third-order valence-corrected chi connectivity index (χ3v) is 4.66. The summed E-state index contributed by atoms with van der Waals surface area (Å²) in [6.07, 6.45) is -2.42. The van der Waals surface area contributed by atoms with E-state index in [9.17, 15) is 21.6 Å². The fourth-order valence-corrected chi connectivity index (χ4v) is 3.31. The lowest BCUT2D eigenvalue weighted by atomic mass is 10.2. The summed E-state index contributed by atoms with van der Waals surface area (Å²) in [6, 6.07) is 4.16. The largest absolute Gasteiger partial charge is 0.417 e. The number of benzene rings is 1. The van der Waals surface area contributed by atoms with E-state index in [4.69, 9.17) is 0 Å². The lowest BCUT2D eigenvalue weighted by Crippen LogP contribution is -2.27. The summed E-state index contributed by atoms with van der Waals surface area (Å²) in [7, 11) is -4.14. The molecule has 3 nitrogen and oxygen atoms in total. The Hall–Kier alpha value is -0.600. The molecule has 1 aromatic carbocycles. The van der Waals surface area contributed by atoms with Crippen molar-refractivity contribution in [2.45, 2.75) is 30.3 Å². The van der Waals surface area contributed by atoms with E-state index in [2.05, 4.69) is 20.7 Å². The zero-order valence-electron chi connectivity index (χ0n) is 10.6. The smallest absolute Gasteiger partial charge is 0.211 e. The SMILES string of the molecule is O=S(=O)(NCCCCCBr)c1ccccc1C(F)(F)F. The molecule has 1 N–H and O–H groups in total. The molecule has 0 aliphatic rings. The summed E-state index contributed by atoms with van der Waals surface area (Å²) in [5.41, 5.74) is -1.15. The van der Waals surface area contributed by atoms with Crippen LogP contribution < -0.4 is 4.72 Å². The molecule has 1 rings (SSSR count). The fraction of sp³-hybridized carbons (Fsp3) is 0.500. The van der Waals surface area contributed by atoms with Crippen LogP contribution in [0.4, 0.5) is 13.2 Å². The molecule has 114 valence electrons. The molecule has 0 aliphatic heterocycles. The van der Waals surface area contributed by atoms with Crippen molar-refractivity contribution in [2.24, 2.45) is 0 Å². The Morgan fingerprint density at radius 1 is 1.10 bits per heavy atom. The van der Waals surface area contributed by atoms with Crippen LogP contribution in [-0.2, 0) is 16.2 Å². The third-order valence-electron chi connectivity index (χ3n) is 2.58. The Morgan fingerprint density at radius 2 is 1.75 bits per heavy atom. The van der Waals surface area contributed by atoms with Gasteiger partial charge >= 0.3 is 6.18 Å². The van der Waals surface area contributed by atoms with Crippen molar-refractivity contribution in [2.75, 3.05) is 11.9 Å². The molecule has 0 aliphatic carbocycles. The van der Waals surface area contributed by atoms with E-state index in [1.54, 1.807) is 0 Å². The molecule has 8 heteroatoms. The van der Waals surface area contributed by atoms with Crippen molar-refractivity contribution >= 4 is 26.0 Å². The van der Waals surface area contributed by atoms with Gasteiger partial charge < -0.3 is 0 Å². The molecule has 1 aromatic rings. The molecule has 0 saturated carbocycles. The van der Waals surface area contributed by atoms with Gasteiger partial charge in [-0.25, -0.2) is 13.1 Å². The zero-order chi connectivity index (χ0) is 15.2. The lowest BCUT2D eigenvalue weighted by Gasteiger charge is -2.13. The average Bonchev–Trinajstić information content (AvgIpc) is 2.37. The number of hydrogen-bond acceptors (Lipinski definition) is 2. The van der Waals surface area contributed by atoms with Crippen molar-refractivity contribution in [1.82, 2.24) is 4.72 Å². The lowest BCUT2D eigenvalue weighted by molar-refractivity contribution is -0.139. The standard InChI is InChI=1S/C12H15BrF3NO2S/c13-8-4-1-5-9-17-20(18,19)11-7-3-2-6-10(11)12(14,15)16/h2-3,6-7,17H,1,4-5,8-9H2. The molecule has 0 bridgehead atoms. The molecule has 0 amide bonds. The van der Waals surface area contributed by atoms with Crippen LogP contribution in [0.1, 0.15) is 24.8 Å². The van der Waals surface area contributed by atoms with E-state index in [1.165, 1.54) is 6.07 Å². The predicted molar refractivity (Wildman–Crippen MR) is 74.3 cm³/mol. The van der Waals surface area contributed by atoms with Crippen LogP contribution in [0.5, 0.6) is 0 Å². The van der Waals surface area contributed by atoms with Gasteiger partial charge in [0.15, 0.2) is 0 Å². The maximum atomic E-state index is 12.8. The van der Waals surface area contributed by atoms with Crippen molar-refractivity contribution in [3.05, 3.63) is 29.8 Å². The molecular formula is C12H15BrF3NO2S. The van der Waals surface area contributed by atoms with Crippen LogP contribution >= 0.6 is 15.9 Å². The molecule has 20 heavy (non-hydrogen) atoms. The average molecular weight is 374 g/mol. The summed E-state index contributed by atoms with van der Waals surface area (Å²) >= 11 is 3.25. The quantitative estimate of drug-likeness (QED) is 0.586. The van der Waals surface area contributed by atoms with E-state index in [0.717, 1.165) is 36.4 Å². The first-order chi connectivity index (χ1) is 9.29. The Labute approximate surface area is 124 Å². The van der Waals surface area contributed by atoms with Crippen molar-refractivity contribution in [1.29, 1.82) is 0 Å². The van der Waals surface area contributed by atoms with Crippen LogP contribution in [0.3, 0.4) is 0 Å². The number of halogens is 4. The molecule has 0 fully saturated rings. The highest BCUT2D eigenvalue weighted by Gasteiger charge is 2.36. The topological polar surface area (TPSA) is 46.2 Å². The first-order valence-corrected chi connectivity index (χ1v) is 8.61. The number of alkyl halides is 4. The second kappa shape index (κ2) is 7.42. The van der Waals surface area contributed by atoms with Crippen molar-refractivity contribution in [3.8, 4) is 0 Å². The Kier molecular flexibility index (Phi) is 6.47. The Balaban J connectivity index is 2.83. The fourth-order valence-electron chi connectivity index (χ4n) is 1.62. The van der Waals surface area contributed by atoms with Gasteiger partial charge in [0.2, 0.25) is 10.0 Å². The van der Waals surface area contributed by atoms with Gasteiger partial charge in [-0.2, -0.15) is 13.2 Å². The predicted octanol–water partition coefficient (Wildman–Crippen LogP) is 3.55. The van der Waals surface area contributed by atoms with Crippen LogP contribution in [0.25, 0.3) is 0 Å². The molecular weight excluding hydrogens is 359 g/mol. The number of rotatable bonds is 7. The van der Waals surface area contributed by atoms with Gasteiger partial charge in [-0.1, -0.05) is 34.5 Å². The third kappa shape index (κ3) is 5.06. The maximum absolute atomic E-state index is 12.8. The summed E-state index contributed by atoms with van der Waals surface area (Å²) in [5, 5.41) is 0.816. The maximum Gasteiger partial charge on any atom is 0.417 e. The number of sulfonamides is 1. The van der Waals surface area contributed by atoms with Gasteiger partial charge in [-0.05, 0) is 25.0 Å². The van der Waals surface area contributed by atoms with Crippen LogP contribution in [0, 0.1) is 0 Å². The van der Waals surface area contributed by atoms with Gasteiger partial charge in [0, 0.05) is 11.9 Å². The molecule has 0 spiro atoms. The summed E-state index contributed by atoms with van der Waals surface area (Å²) in [6.45, 7) is 0.127. The summed E-state index contributed by atoms with van der Waals surface area (Å²) in [4.78, 5) is -0.729. The Morgan fingerprint density at radius 3 is 2.35 bits per heavy atom. The first kappa shape index (κ1) is 17.5. The minimum atomic E-state index is -4.69. The molecule has 0 unspecified atom stereocenters. The molecule has 0 heterocycles. The minimum absolute atomic E-state index is 0.127. The Bertz CT molecular complexity index is 532. The zero-order valence-corrected chi connectivity index (χ0v) is 13.0. The van der Waals surface area contributed by atoms with Gasteiger partial charge in [-0.3, -0.25) is 0 Å².